The van der Waals surface area contributed by atoms with Gasteiger partial charge in [-0.25, -0.2) is 26.4 Å². The number of esters is 3. The van der Waals surface area contributed by atoms with Crippen LogP contribution in [0.4, 0.5) is 17.6 Å². The molecule has 0 aromatic heterocycles. The van der Waals surface area contributed by atoms with Crippen LogP contribution in [0.5, 0.6) is 0 Å². The number of carbonyl (C=O) groups excluding carboxylic acids is 6. The maximum atomic E-state index is 13.1. The van der Waals surface area contributed by atoms with Crippen molar-refractivity contribution >= 4 is 87.4 Å². The second-order valence-electron chi connectivity index (χ2n) is 25.5. The van der Waals surface area contributed by atoms with E-state index in [1.807, 2.05) is 0 Å². The largest absolute Gasteiger partial charge is 0.743 e. The van der Waals surface area contributed by atoms with Crippen molar-refractivity contribution in [2.24, 2.45) is 29.6 Å². The minimum Gasteiger partial charge on any atom is -0.743 e. The number of hydrogen-bond acceptors (Lipinski definition) is 19. The number of Topliss-reactive ketones (excluding diaryl/α,β-unsaturated/α-hetero) is 3. The van der Waals surface area contributed by atoms with E-state index < -0.39 is 100 Å². The van der Waals surface area contributed by atoms with Crippen LogP contribution in [0.15, 0.2) is 36.4 Å². The zero-order valence-corrected chi connectivity index (χ0v) is 54.5. The molecule has 88 heavy (non-hydrogen) atoms. The molecule has 2 aromatic carbocycles. The molecule has 28 heteroatoms. The van der Waals surface area contributed by atoms with Gasteiger partial charge in [0.15, 0.2) is 30.2 Å². The topological polar surface area (TPSA) is 297 Å². The van der Waals surface area contributed by atoms with Crippen molar-refractivity contribution in [3.63, 3.8) is 0 Å². The van der Waals surface area contributed by atoms with E-state index in [1.165, 1.54) is 54.4 Å². The van der Waals surface area contributed by atoms with E-state index in [1.54, 1.807) is 0 Å². The first-order chi connectivity index (χ1) is 40.9. The summed E-state index contributed by atoms with van der Waals surface area (Å²) in [7, 11) is -16.0. The molecule has 11 rings (SSSR count). The van der Waals surface area contributed by atoms with Crippen molar-refractivity contribution in [3.05, 3.63) is 69.8 Å². The van der Waals surface area contributed by atoms with Gasteiger partial charge in [0.05, 0.1) is 37.2 Å². The van der Waals surface area contributed by atoms with Gasteiger partial charge in [-0.15, -0.1) is 0 Å². The monoisotopic (exact) mass is 1340 g/mol. The third-order valence-corrected chi connectivity index (χ3v) is 28.0. The van der Waals surface area contributed by atoms with Gasteiger partial charge in [-0.1, -0.05) is 71.2 Å². The fourth-order valence-electron chi connectivity index (χ4n) is 14.1. The summed E-state index contributed by atoms with van der Waals surface area (Å²) in [5.41, 5.74) is 7.08. The molecule has 9 fully saturated rings. The summed E-state index contributed by atoms with van der Waals surface area (Å²) >= 11 is 0. The quantitative estimate of drug-likeness (QED) is 0.0311. The molecule has 0 amide bonds. The van der Waals surface area contributed by atoms with Crippen LogP contribution in [0, 0.1) is 36.5 Å². The molecule has 4 saturated heterocycles. The van der Waals surface area contributed by atoms with Gasteiger partial charge in [0, 0.05) is 45.7 Å². The van der Waals surface area contributed by atoms with Gasteiger partial charge in [-0.3, -0.25) is 23.4 Å². The van der Waals surface area contributed by atoms with Crippen molar-refractivity contribution in [2.45, 2.75) is 194 Å². The second-order valence-corrected chi connectivity index (χ2v) is 35.5. The van der Waals surface area contributed by atoms with Crippen molar-refractivity contribution in [3.8, 4) is 0 Å². The summed E-state index contributed by atoms with van der Waals surface area (Å²) in [5.74, 6) is -0.844. The van der Waals surface area contributed by atoms with Gasteiger partial charge in [-0.2, -0.15) is 26.0 Å². The van der Waals surface area contributed by atoms with Crippen molar-refractivity contribution in [1.29, 1.82) is 0 Å². The number of ether oxygens (including phenoxy) is 4. The number of carbonyl (C=O) groups is 6. The first-order valence-corrected chi connectivity index (χ1v) is 37.3. The van der Waals surface area contributed by atoms with Gasteiger partial charge in [0.1, 0.15) is 53.2 Å². The number of hydrogen-bond donors (Lipinski definition) is 0. The standard InChI is InChI=1S/C21H31O2S.C20H29O2S.C10H10F2O7S.C9H10F2O8S2/c1-13(2)19-11-17(12-20(14(3)4)15(19)5)21(23)16(6)24-9-7-18(22)8-10-24;1-20(2,23-14-12-22-13-15-23)19(21)18-10-8-17(9-11-18)16-6-4-3-5-7-16;11-10(12,20(15,16)17)9(14)19-6-3-1-4-5(2-3)8(13)18-7(4)6;10-9(11,21(15,16)17)8(12)18-6-3-1-4-5(2-3)20(13,14)19-7(4)6/h11-14,16H,7-10H2,1-6H3;8-11,16H,3-7,12-15H2,1-2H3;3-7H,1-2H2,(H,15,16,17);3-7H,1-2H2,(H,15,16,17)/q2*+1;;/p-2. The molecule has 490 valence electrons. The van der Waals surface area contributed by atoms with Gasteiger partial charge in [-0.05, 0) is 129 Å². The predicted octanol–water partition coefficient (Wildman–Crippen LogP) is 7.93. The van der Waals surface area contributed by atoms with Crippen LogP contribution in [-0.4, -0.2) is 156 Å². The molecule has 4 bridgehead atoms. The first-order valence-electron chi connectivity index (χ1n) is 29.9. The summed E-state index contributed by atoms with van der Waals surface area (Å²) in [4.78, 5) is 71.5. The lowest BCUT2D eigenvalue weighted by molar-refractivity contribution is -0.176. The highest BCUT2D eigenvalue weighted by molar-refractivity contribution is 7.99. The van der Waals surface area contributed by atoms with E-state index in [4.69, 9.17) is 13.7 Å². The third-order valence-electron chi connectivity index (χ3n) is 19.1. The Morgan fingerprint density at radius 2 is 1.19 bits per heavy atom. The molecular weight excluding hydrogens is 1260 g/mol. The average molecular weight is 1340 g/mol. The summed E-state index contributed by atoms with van der Waals surface area (Å²) in [5, 5.41) is -11.1. The highest BCUT2D eigenvalue weighted by atomic mass is 32.2. The molecule has 2 aromatic rings. The molecule has 0 radical (unpaired) electrons. The van der Waals surface area contributed by atoms with Crippen LogP contribution < -0.4 is 0 Å². The molecule has 0 N–H and O–H groups in total. The lowest BCUT2D eigenvalue weighted by Gasteiger charge is -2.27. The van der Waals surface area contributed by atoms with E-state index in [0.29, 0.717) is 61.4 Å². The number of benzene rings is 2. The van der Waals surface area contributed by atoms with Crippen LogP contribution in [0.1, 0.15) is 180 Å². The smallest absolute Gasteiger partial charge is 0.428 e. The van der Waals surface area contributed by atoms with Gasteiger partial charge in [0.25, 0.3) is 10.1 Å². The number of halogens is 4. The fraction of sp³-hybridized carbons (Fsp3) is 0.700. The molecule has 0 spiro atoms. The summed E-state index contributed by atoms with van der Waals surface area (Å²) < 4.78 is 161. The summed E-state index contributed by atoms with van der Waals surface area (Å²) in [6.45, 7) is 18.9. The van der Waals surface area contributed by atoms with Gasteiger partial charge in [0.2, 0.25) is 11.6 Å². The second kappa shape index (κ2) is 26.9. The van der Waals surface area contributed by atoms with Gasteiger partial charge >= 0.3 is 28.4 Å². The van der Waals surface area contributed by atoms with Crippen molar-refractivity contribution in [2.75, 3.05) is 36.2 Å². The minimum absolute atomic E-state index is 0.0285. The first kappa shape index (κ1) is 69.9. The van der Waals surface area contributed by atoms with Crippen LogP contribution in [0.25, 0.3) is 0 Å². The van der Waals surface area contributed by atoms with Gasteiger partial charge < -0.3 is 28.1 Å². The maximum absolute atomic E-state index is 13.1. The molecule has 11 unspecified atom stereocenters. The van der Waals surface area contributed by atoms with Crippen molar-refractivity contribution < 1.29 is 104 Å². The Balaban J connectivity index is 0.000000152. The highest BCUT2D eigenvalue weighted by Crippen LogP contribution is 2.57. The molecule has 11 atom stereocenters. The van der Waals surface area contributed by atoms with Crippen molar-refractivity contribution in [1.82, 2.24) is 0 Å². The van der Waals surface area contributed by atoms with Crippen LogP contribution in [-0.2, 0) is 94.5 Å². The lowest BCUT2D eigenvalue weighted by Crippen LogP contribution is -2.47. The number of ketones is 3. The van der Waals surface area contributed by atoms with Crippen LogP contribution in [0.2, 0.25) is 0 Å². The van der Waals surface area contributed by atoms with E-state index in [2.05, 4.69) is 101 Å². The van der Waals surface area contributed by atoms with E-state index in [0.717, 1.165) is 47.4 Å². The number of rotatable bonds is 15. The number of alkyl halides is 4. The normalized spacial score (nSPS) is 28.9. The Morgan fingerprint density at radius 3 is 1.70 bits per heavy atom. The van der Waals surface area contributed by atoms with Crippen LogP contribution >= 0.6 is 0 Å². The zero-order chi connectivity index (χ0) is 65.0. The summed E-state index contributed by atoms with van der Waals surface area (Å²) in [6.07, 6.45) is 4.97. The highest BCUT2D eigenvalue weighted by Gasteiger charge is 2.67. The molecule has 5 saturated carbocycles. The number of fused-ring (bicyclic) bond motifs is 2. The summed E-state index contributed by atoms with van der Waals surface area (Å²) in [6, 6.07) is 12.8. The molecular formula is C60H78F4O19S5. The Morgan fingerprint density at radius 1 is 0.693 bits per heavy atom. The SMILES string of the molecule is CC(C)(C(=O)c1ccc(C2CCCCC2)cc1)[S+]1CCOCC1.Cc1c(C(C)C)cc(C(=O)C(C)[S+]2CCC(=O)CC2)cc1C(C)C.O=C(OC1C2CC3C1OS(=O)(=O)C3C2)C(F)(F)S(=O)(=O)[O-].O=C1OC2C3CC(CC13)C2OC(=O)C(F)(F)S(=O)(=O)[O-]. The zero-order valence-electron chi connectivity index (χ0n) is 50.4. The third kappa shape index (κ3) is 14.4. The average Bonchev–Trinajstić information content (AvgIpc) is 1.58. The molecule has 4 aliphatic heterocycles. The Labute approximate surface area is 517 Å². The van der Waals surface area contributed by atoms with Crippen LogP contribution in [0.3, 0.4) is 0 Å². The maximum Gasteiger partial charge on any atom is 0.428 e. The van der Waals surface area contributed by atoms with E-state index >= 15 is 0 Å². The molecule has 19 nitrogen and oxygen atoms in total. The molecule has 5 aliphatic carbocycles. The minimum atomic E-state index is -6.21. The fourth-order valence-corrected chi connectivity index (χ4v) is 21.1. The van der Waals surface area contributed by atoms with E-state index in [9.17, 15) is 80.7 Å². The Kier molecular flexibility index (Phi) is 21.3. The van der Waals surface area contributed by atoms with E-state index in [-0.39, 0.29) is 61.7 Å². The Bertz CT molecular complexity index is 3290. The lowest BCUT2D eigenvalue weighted by atomic mass is 9.83. The molecule has 9 aliphatic rings. The predicted molar refractivity (Wildman–Crippen MR) is 316 cm³/mol. The Hall–Kier alpha value is -4.03. The molecule has 4 heterocycles.